The molecule has 0 radical (unpaired) electrons. The Balaban J connectivity index is 2.84. The Kier molecular flexibility index (Phi) is 1.85. The quantitative estimate of drug-likeness (QED) is 0.616. The summed E-state index contributed by atoms with van der Waals surface area (Å²) in [6.45, 7) is 3.56. The van der Waals surface area contributed by atoms with E-state index in [1.807, 2.05) is 0 Å². The van der Waals surface area contributed by atoms with Gasteiger partial charge in [0.1, 0.15) is 0 Å². The first kappa shape index (κ1) is 6.29. The van der Waals surface area contributed by atoms with E-state index in [2.05, 4.69) is 11.0 Å². The van der Waals surface area contributed by atoms with Crippen LogP contribution in [0.3, 0.4) is 0 Å². The summed E-state index contributed by atoms with van der Waals surface area (Å²) in [5, 5.41) is 0. The molecule has 1 aromatic rings. The Bertz CT molecular complexity index is 248. The summed E-state index contributed by atoms with van der Waals surface area (Å²) in [4.78, 5) is 11.5. The summed E-state index contributed by atoms with van der Waals surface area (Å²) in [6.07, 6.45) is 2.56. The van der Waals surface area contributed by atoms with Gasteiger partial charge in [-0.05, 0) is 0 Å². The summed E-state index contributed by atoms with van der Waals surface area (Å²) in [7, 11) is 0. The molecule has 0 amide bonds. The highest BCUT2D eigenvalue weighted by Gasteiger charge is 1.91. The van der Waals surface area contributed by atoms with Gasteiger partial charge in [-0.15, -0.1) is 6.58 Å². The molecule has 0 atom stereocenters. The lowest BCUT2D eigenvalue weighted by Gasteiger charge is -1.79. The minimum Gasteiger partial charge on any atom is -0.278 e. The number of rotatable bonds is 2. The molecule has 2 nitrogen and oxygen atoms in total. The molecule has 0 saturated heterocycles. The molecular formula is C6H7NOS. The van der Waals surface area contributed by atoms with E-state index >= 15 is 0 Å². The lowest BCUT2D eigenvalue weighted by molar-refractivity contribution is 1.34. The lowest BCUT2D eigenvalue weighted by Crippen LogP contribution is -1.92. The van der Waals surface area contributed by atoms with Gasteiger partial charge in [-0.25, -0.2) is 0 Å². The van der Waals surface area contributed by atoms with Crippen LogP contribution in [0.25, 0.3) is 0 Å². The smallest absolute Gasteiger partial charge is 0.258 e. The number of hydrogen-bond donors (Lipinski definition) is 1. The molecule has 0 fully saturated rings. The van der Waals surface area contributed by atoms with Gasteiger partial charge < -0.3 is 0 Å². The van der Waals surface area contributed by atoms with Crippen molar-refractivity contribution in [2.45, 2.75) is 6.42 Å². The van der Waals surface area contributed by atoms with E-state index in [1.54, 1.807) is 12.1 Å². The van der Waals surface area contributed by atoms with E-state index in [0.29, 0.717) is 0 Å². The van der Waals surface area contributed by atoms with Crippen molar-refractivity contribution in [1.29, 1.82) is 0 Å². The van der Waals surface area contributed by atoms with E-state index in [9.17, 15) is 4.79 Å². The monoisotopic (exact) mass is 141 g/mol. The molecule has 9 heavy (non-hydrogen) atoms. The summed E-state index contributed by atoms with van der Waals surface area (Å²) >= 11 is 1.37. The molecule has 1 N–H and O–H groups in total. The summed E-state index contributed by atoms with van der Waals surface area (Å²) < 4.78 is 2.59. The molecule has 48 valence electrons. The van der Waals surface area contributed by atoms with Crippen LogP contribution in [0, 0.1) is 0 Å². The average Bonchev–Trinajstić information content (AvgIpc) is 2.17. The summed E-state index contributed by atoms with van der Waals surface area (Å²) in [5.74, 6) is 0. The van der Waals surface area contributed by atoms with Crippen LogP contribution in [0.4, 0.5) is 0 Å². The van der Waals surface area contributed by atoms with Gasteiger partial charge in [0.2, 0.25) is 0 Å². The molecule has 0 aliphatic heterocycles. The Morgan fingerprint density at radius 2 is 2.67 bits per heavy atom. The lowest BCUT2D eigenvalue weighted by atomic mass is 10.3. The zero-order valence-electron chi connectivity index (χ0n) is 4.89. The van der Waals surface area contributed by atoms with Crippen molar-refractivity contribution >= 4 is 11.5 Å². The first-order chi connectivity index (χ1) is 4.33. The number of H-pyrrole nitrogens is 1. The Hall–Kier alpha value is -0.830. The third-order valence-corrected chi connectivity index (χ3v) is 1.77. The van der Waals surface area contributed by atoms with Crippen molar-refractivity contribution < 1.29 is 0 Å². The van der Waals surface area contributed by atoms with Crippen molar-refractivity contribution in [2.75, 3.05) is 0 Å². The molecule has 1 aromatic heterocycles. The molecule has 0 unspecified atom stereocenters. The molecule has 0 aliphatic rings. The van der Waals surface area contributed by atoms with Gasteiger partial charge in [0, 0.05) is 17.4 Å². The van der Waals surface area contributed by atoms with E-state index in [1.165, 1.54) is 11.5 Å². The molecule has 0 aliphatic carbocycles. The number of nitrogens with one attached hydrogen (secondary N) is 1. The van der Waals surface area contributed by atoms with E-state index in [4.69, 9.17) is 0 Å². The third-order valence-electron chi connectivity index (χ3n) is 0.920. The largest absolute Gasteiger partial charge is 0.278 e. The topological polar surface area (TPSA) is 32.9 Å². The van der Waals surface area contributed by atoms with Crippen molar-refractivity contribution in [2.24, 2.45) is 0 Å². The molecule has 0 bridgehead atoms. The molecule has 3 heteroatoms. The Labute approximate surface area is 57.0 Å². The molecule has 0 aromatic carbocycles. The van der Waals surface area contributed by atoms with E-state index in [-0.39, 0.29) is 5.56 Å². The average molecular weight is 141 g/mol. The van der Waals surface area contributed by atoms with Crippen molar-refractivity contribution in [3.63, 3.8) is 0 Å². The maximum Gasteiger partial charge on any atom is 0.258 e. The number of aromatic nitrogens is 1. The molecule has 1 rings (SSSR count). The minimum absolute atomic E-state index is 0.0168. The zero-order valence-corrected chi connectivity index (χ0v) is 5.70. The number of allylic oxidation sites excluding steroid dienone is 1. The van der Waals surface area contributed by atoms with E-state index < -0.39 is 0 Å². The van der Waals surface area contributed by atoms with Crippen molar-refractivity contribution in [3.05, 3.63) is 34.0 Å². The predicted molar refractivity (Wildman–Crippen MR) is 38.8 cm³/mol. The fourth-order valence-corrected chi connectivity index (χ4v) is 1.22. The molecule has 0 spiro atoms. The fourth-order valence-electron chi connectivity index (χ4n) is 0.564. The van der Waals surface area contributed by atoms with E-state index in [0.717, 1.165) is 11.3 Å². The minimum atomic E-state index is -0.0168. The van der Waals surface area contributed by atoms with Gasteiger partial charge in [-0.3, -0.25) is 9.17 Å². The highest BCUT2D eigenvalue weighted by Crippen LogP contribution is 2.00. The third kappa shape index (κ3) is 1.54. The van der Waals surface area contributed by atoms with Crippen LogP contribution in [-0.4, -0.2) is 4.37 Å². The van der Waals surface area contributed by atoms with Crippen LogP contribution in [-0.2, 0) is 6.42 Å². The van der Waals surface area contributed by atoms with Crippen LogP contribution in [0.5, 0.6) is 0 Å². The summed E-state index contributed by atoms with van der Waals surface area (Å²) in [5.41, 5.74) is -0.0168. The molecule has 1 heterocycles. The summed E-state index contributed by atoms with van der Waals surface area (Å²) in [6, 6.07) is 1.59. The Morgan fingerprint density at radius 3 is 3.11 bits per heavy atom. The second-order valence-electron chi connectivity index (χ2n) is 1.67. The van der Waals surface area contributed by atoms with Gasteiger partial charge in [0.25, 0.3) is 5.56 Å². The van der Waals surface area contributed by atoms with Crippen LogP contribution < -0.4 is 5.56 Å². The van der Waals surface area contributed by atoms with Gasteiger partial charge in [-0.2, -0.15) is 0 Å². The number of aromatic amines is 1. The highest BCUT2D eigenvalue weighted by molar-refractivity contribution is 7.05. The predicted octanol–water partition coefficient (Wildman–Crippen LogP) is 1.16. The van der Waals surface area contributed by atoms with Gasteiger partial charge in [0.15, 0.2) is 0 Å². The van der Waals surface area contributed by atoms with Gasteiger partial charge in [0.05, 0.1) is 0 Å². The maximum absolute atomic E-state index is 10.5. The molecular weight excluding hydrogens is 134 g/mol. The second-order valence-corrected chi connectivity index (χ2v) is 2.60. The van der Waals surface area contributed by atoms with Crippen LogP contribution in [0.1, 0.15) is 4.88 Å². The SMILES string of the molecule is C=CCc1cc(=O)[nH]s1. The normalized spacial score (nSPS) is 9.33. The van der Waals surface area contributed by atoms with Crippen molar-refractivity contribution in [3.8, 4) is 0 Å². The number of hydrogen-bond acceptors (Lipinski definition) is 2. The Morgan fingerprint density at radius 1 is 1.89 bits per heavy atom. The molecule has 0 saturated carbocycles. The van der Waals surface area contributed by atoms with Crippen LogP contribution in [0.15, 0.2) is 23.5 Å². The highest BCUT2D eigenvalue weighted by atomic mass is 32.1. The second kappa shape index (κ2) is 2.64. The first-order valence-corrected chi connectivity index (χ1v) is 3.43. The fraction of sp³-hybridized carbons (Fsp3) is 0.167. The maximum atomic E-state index is 10.5. The van der Waals surface area contributed by atoms with Gasteiger partial charge in [-0.1, -0.05) is 17.6 Å². The first-order valence-electron chi connectivity index (χ1n) is 2.61. The van der Waals surface area contributed by atoms with Crippen LogP contribution >= 0.6 is 11.5 Å². The van der Waals surface area contributed by atoms with Crippen LogP contribution in [0.2, 0.25) is 0 Å². The standard InChI is InChI=1S/C6H7NOS/c1-2-3-5-4-6(8)7-9-5/h2,4H,1,3H2,(H,7,8). The van der Waals surface area contributed by atoms with Gasteiger partial charge >= 0.3 is 0 Å². The van der Waals surface area contributed by atoms with Crippen molar-refractivity contribution in [1.82, 2.24) is 4.37 Å². The zero-order chi connectivity index (χ0) is 6.69.